The number of carbonyl (C=O) groups is 1. The number of aliphatic hydroxyl groups is 1. The lowest BCUT2D eigenvalue weighted by Crippen LogP contribution is -2.52. The fourth-order valence-corrected chi connectivity index (χ4v) is 2.85. The molecule has 3 unspecified atom stereocenters. The van der Waals surface area contributed by atoms with Crippen molar-refractivity contribution in [2.75, 3.05) is 13.2 Å². The van der Waals surface area contributed by atoms with E-state index in [-0.39, 0.29) is 12.5 Å². The summed E-state index contributed by atoms with van der Waals surface area (Å²) in [6.45, 7) is 4.70. The third-order valence-electron chi connectivity index (χ3n) is 4.11. The van der Waals surface area contributed by atoms with Gasteiger partial charge in [0.2, 0.25) is 5.91 Å². The minimum Gasteiger partial charge on any atom is -0.396 e. The predicted octanol–water partition coefficient (Wildman–Crippen LogP) is 1.42. The molecular weight excluding hydrogens is 228 g/mol. The van der Waals surface area contributed by atoms with Gasteiger partial charge in [-0.15, -0.1) is 0 Å². The number of aliphatic hydroxyl groups excluding tert-OH is 1. The molecule has 3 atom stereocenters. The van der Waals surface area contributed by atoms with Gasteiger partial charge in [0, 0.05) is 13.2 Å². The van der Waals surface area contributed by atoms with Gasteiger partial charge in [-0.2, -0.15) is 0 Å². The zero-order valence-corrected chi connectivity index (χ0v) is 11.7. The maximum atomic E-state index is 12.0. The molecule has 18 heavy (non-hydrogen) atoms. The Morgan fingerprint density at radius 1 is 1.39 bits per heavy atom. The molecule has 0 saturated heterocycles. The number of rotatable bonds is 6. The van der Waals surface area contributed by atoms with Crippen LogP contribution in [-0.2, 0) is 4.79 Å². The minimum absolute atomic E-state index is 0.0633. The summed E-state index contributed by atoms with van der Waals surface area (Å²) < 4.78 is 0. The summed E-state index contributed by atoms with van der Waals surface area (Å²) >= 11 is 0. The molecule has 0 aromatic carbocycles. The largest absolute Gasteiger partial charge is 0.396 e. The number of hydrogen-bond acceptors (Lipinski definition) is 3. The van der Waals surface area contributed by atoms with Crippen LogP contribution in [0.5, 0.6) is 0 Å². The van der Waals surface area contributed by atoms with E-state index in [2.05, 4.69) is 5.32 Å². The Labute approximate surface area is 110 Å². The van der Waals surface area contributed by atoms with Crippen LogP contribution in [0.2, 0.25) is 0 Å². The fourth-order valence-electron chi connectivity index (χ4n) is 2.85. The first-order valence-electron chi connectivity index (χ1n) is 7.19. The SMILES string of the molecule is CCCC(C)(N)C(=O)NCC1CCCCC1CO. The molecule has 1 aliphatic carbocycles. The highest BCUT2D eigenvalue weighted by atomic mass is 16.3. The molecule has 0 bridgehead atoms. The molecule has 1 fully saturated rings. The van der Waals surface area contributed by atoms with E-state index in [1.807, 2.05) is 6.92 Å². The molecule has 0 heterocycles. The number of carbonyl (C=O) groups excluding carboxylic acids is 1. The molecule has 1 rings (SSSR count). The van der Waals surface area contributed by atoms with Crippen LogP contribution < -0.4 is 11.1 Å². The molecule has 106 valence electrons. The lowest BCUT2D eigenvalue weighted by molar-refractivity contribution is -0.126. The summed E-state index contributed by atoms with van der Waals surface area (Å²) in [5.74, 6) is 0.686. The van der Waals surface area contributed by atoms with Gasteiger partial charge in [0.15, 0.2) is 0 Å². The second-order valence-electron chi connectivity index (χ2n) is 5.86. The maximum Gasteiger partial charge on any atom is 0.239 e. The van der Waals surface area contributed by atoms with Gasteiger partial charge in [-0.05, 0) is 38.0 Å². The average molecular weight is 256 g/mol. The van der Waals surface area contributed by atoms with E-state index >= 15 is 0 Å². The fraction of sp³-hybridized carbons (Fsp3) is 0.929. The molecule has 0 radical (unpaired) electrons. The lowest BCUT2D eigenvalue weighted by Gasteiger charge is -2.31. The standard InChI is InChI=1S/C14H28N2O2/c1-3-8-14(2,15)13(18)16-9-11-6-4-5-7-12(11)10-17/h11-12,17H,3-10,15H2,1-2H3,(H,16,18). The Morgan fingerprint density at radius 2 is 2.00 bits per heavy atom. The molecule has 0 aromatic rings. The third-order valence-corrected chi connectivity index (χ3v) is 4.11. The zero-order chi connectivity index (χ0) is 13.6. The van der Waals surface area contributed by atoms with Crippen LogP contribution in [0.25, 0.3) is 0 Å². The number of hydrogen-bond donors (Lipinski definition) is 3. The van der Waals surface area contributed by atoms with E-state index in [0.29, 0.717) is 24.8 Å². The van der Waals surface area contributed by atoms with Crippen molar-refractivity contribution >= 4 is 5.91 Å². The van der Waals surface area contributed by atoms with Crippen molar-refractivity contribution in [1.82, 2.24) is 5.32 Å². The molecule has 0 spiro atoms. The van der Waals surface area contributed by atoms with E-state index in [1.165, 1.54) is 12.8 Å². The van der Waals surface area contributed by atoms with Gasteiger partial charge in [0.05, 0.1) is 5.54 Å². The first kappa shape index (κ1) is 15.4. The Bertz CT molecular complexity index is 267. The number of nitrogens with two attached hydrogens (primary N) is 1. The summed E-state index contributed by atoms with van der Waals surface area (Å²) in [7, 11) is 0. The van der Waals surface area contributed by atoms with Gasteiger partial charge >= 0.3 is 0 Å². The van der Waals surface area contributed by atoms with E-state index < -0.39 is 5.54 Å². The normalized spacial score (nSPS) is 27.6. The molecule has 4 heteroatoms. The van der Waals surface area contributed by atoms with Crippen LogP contribution in [0.3, 0.4) is 0 Å². The number of nitrogens with one attached hydrogen (secondary N) is 1. The third kappa shape index (κ3) is 4.25. The van der Waals surface area contributed by atoms with Crippen molar-refractivity contribution in [1.29, 1.82) is 0 Å². The predicted molar refractivity (Wildman–Crippen MR) is 73.0 cm³/mol. The van der Waals surface area contributed by atoms with E-state index in [4.69, 9.17) is 5.73 Å². The summed E-state index contributed by atoms with van der Waals surface area (Å²) in [5, 5.41) is 12.3. The molecule has 4 N–H and O–H groups in total. The monoisotopic (exact) mass is 256 g/mol. The van der Waals surface area contributed by atoms with Crippen LogP contribution >= 0.6 is 0 Å². The molecule has 1 amide bonds. The Balaban J connectivity index is 2.41. The second kappa shape index (κ2) is 7.10. The highest BCUT2D eigenvalue weighted by Gasteiger charge is 2.29. The highest BCUT2D eigenvalue weighted by molar-refractivity contribution is 5.85. The molecular formula is C14H28N2O2. The van der Waals surface area contributed by atoms with Gasteiger partial charge in [-0.1, -0.05) is 26.2 Å². The maximum absolute atomic E-state index is 12.0. The molecule has 4 nitrogen and oxygen atoms in total. The Hall–Kier alpha value is -0.610. The van der Waals surface area contributed by atoms with Gasteiger partial charge < -0.3 is 16.2 Å². The smallest absolute Gasteiger partial charge is 0.239 e. The van der Waals surface area contributed by atoms with Gasteiger partial charge in [-0.3, -0.25) is 4.79 Å². The van der Waals surface area contributed by atoms with Crippen molar-refractivity contribution < 1.29 is 9.90 Å². The highest BCUT2D eigenvalue weighted by Crippen LogP contribution is 2.29. The molecule has 0 aliphatic heterocycles. The Morgan fingerprint density at radius 3 is 2.56 bits per heavy atom. The first-order chi connectivity index (χ1) is 8.51. The molecule has 1 saturated carbocycles. The van der Waals surface area contributed by atoms with Crippen molar-refractivity contribution in [2.45, 2.75) is 57.9 Å². The average Bonchev–Trinajstić information content (AvgIpc) is 2.36. The number of amides is 1. The molecule has 0 aromatic heterocycles. The summed E-state index contributed by atoms with van der Waals surface area (Å²) in [5.41, 5.74) is 5.23. The second-order valence-corrected chi connectivity index (χ2v) is 5.86. The van der Waals surface area contributed by atoms with Crippen molar-refractivity contribution in [3.05, 3.63) is 0 Å². The van der Waals surface area contributed by atoms with Crippen molar-refractivity contribution in [3.8, 4) is 0 Å². The summed E-state index contributed by atoms with van der Waals surface area (Å²) in [4.78, 5) is 12.0. The topological polar surface area (TPSA) is 75.4 Å². The quantitative estimate of drug-likeness (QED) is 0.673. The zero-order valence-electron chi connectivity index (χ0n) is 11.7. The van der Waals surface area contributed by atoms with Crippen LogP contribution in [0.15, 0.2) is 0 Å². The minimum atomic E-state index is -0.766. The van der Waals surface area contributed by atoms with E-state index in [0.717, 1.165) is 19.3 Å². The summed E-state index contributed by atoms with van der Waals surface area (Å²) in [6.07, 6.45) is 6.18. The van der Waals surface area contributed by atoms with Crippen LogP contribution in [0.1, 0.15) is 52.4 Å². The van der Waals surface area contributed by atoms with E-state index in [9.17, 15) is 9.90 Å². The Kier molecular flexibility index (Phi) is 6.09. The van der Waals surface area contributed by atoms with Gasteiger partial charge in [0.25, 0.3) is 0 Å². The van der Waals surface area contributed by atoms with Gasteiger partial charge in [-0.25, -0.2) is 0 Å². The molecule has 1 aliphatic rings. The van der Waals surface area contributed by atoms with Crippen molar-refractivity contribution in [3.63, 3.8) is 0 Å². The summed E-state index contributed by atoms with van der Waals surface area (Å²) in [6, 6.07) is 0. The van der Waals surface area contributed by atoms with Crippen LogP contribution in [0.4, 0.5) is 0 Å². The van der Waals surface area contributed by atoms with Crippen molar-refractivity contribution in [2.24, 2.45) is 17.6 Å². The van der Waals surface area contributed by atoms with Crippen LogP contribution in [0, 0.1) is 11.8 Å². The van der Waals surface area contributed by atoms with E-state index in [1.54, 1.807) is 6.92 Å². The first-order valence-corrected chi connectivity index (χ1v) is 7.19. The van der Waals surface area contributed by atoms with Crippen LogP contribution in [-0.4, -0.2) is 29.7 Å². The van der Waals surface area contributed by atoms with Gasteiger partial charge in [0.1, 0.15) is 0 Å². The lowest BCUT2D eigenvalue weighted by atomic mass is 9.79.